The number of sulfone groups is 1. The molecule has 90 valence electrons. The number of rotatable bonds is 6. The van der Waals surface area contributed by atoms with Gasteiger partial charge in [-0.2, -0.15) is 0 Å². The normalized spacial score (nSPS) is 22.1. The van der Waals surface area contributed by atoms with E-state index in [9.17, 15) is 8.42 Å². The molecule has 2 atom stereocenters. The van der Waals surface area contributed by atoms with Gasteiger partial charge in [-0.1, -0.05) is 13.3 Å². The lowest BCUT2D eigenvalue weighted by Crippen LogP contribution is -2.44. The predicted molar refractivity (Wildman–Crippen MR) is 63.7 cm³/mol. The van der Waals surface area contributed by atoms with Crippen molar-refractivity contribution in [1.82, 2.24) is 5.32 Å². The largest absolute Gasteiger partial charge is 0.310 e. The second-order valence-electron chi connectivity index (χ2n) is 4.75. The van der Waals surface area contributed by atoms with Crippen molar-refractivity contribution in [2.45, 2.75) is 52.1 Å². The first kappa shape index (κ1) is 13.0. The molecule has 1 aliphatic rings. The van der Waals surface area contributed by atoms with Crippen LogP contribution in [-0.4, -0.2) is 32.0 Å². The van der Waals surface area contributed by atoms with Crippen LogP contribution in [-0.2, 0) is 9.84 Å². The third kappa shape index (κ3) is 4.11. The van der Waals surface area contributed by atoms with E-state index in [2.05, 4.69) is 12.2 Å². The van der Waals surface area contributed by atoms with E-state index in [0.717, 1.165) is 5.92 Å². The number of hydrogen-bond donors (Lipinski definition) is 1. The molecule has 0 aliphatic heterocycles. The van der Waals surface area contributed by atoms with Crippen LogP contribution in [0.25, 0.3) is 0 Å². The summed E-state index contributed by atoms with van der Waals surface area (Å²) in [5.41, 5.74) is 0. The summed E-state index contributed by atoms with van der Waals surface area (Å²) < 4.78 is 22.8. The Balaban J connectivity index is 2.31. The lowest BCUT2D eigenvalue weighted by atomic mass is 9.80. The average molecular weight is 233 g/mol. The zero-order valence-corrected chi connectivity index (χ0v) is 10.8. The van der Waals surface area contributed by atoms with Crippen LogP contribution in [0.2, 0.25) is 0 Å². The summed E-state index contributed by atoms with van der Waals surface area (Å²) in [6, 6.07) is 0.534. The van der Waals surface area contributed by atoms with Crippen molar-refractivity contribution in [3.05, 3.63) is 0 Å². The van der Waals surface area contributed by atoms with Gasteiger partial charge in [-0.15, -0.1) is 0 Å². The van der Waals surface area contributed by atoms with Gasteiger partial charge in [0.15, 0.2) is 9.84 Å². The minimum Gasteiger partial charge on any atom is -0.310 e. The predicted octanol–water partition coefficient (Wildman–Crippen LogP) is 1.59. The summed E-state index contributed by atoms with van der Waals surface area (Å²) in [5.74, 6) is 1.27. The maximum Gasteiger partial charge on any atom is 0.151 e. The molecule has 0 aromatic rings. The Morgan fingerprint density at radius 2 is 1.93 bits per heavy atom. The maximum atomic E-state index is 11.4. The third-order valence-corrected chi connectivity index (χ3v) is 5.24. The molecule has 15 heavy (non-hydrogen) atoms. The Morgan fingerprint density at radius 1 is 1.33 bits per heavy atom. The minimum absolute atomic E-state index is 0.0746. The standard InChI is InChI=1S/C11H23NO2S/c1-4-15(13,14)8-9(2)12-10(3)11-6-5-7-11/h9-12H,4-8H2,1-3H3. The molecule has 0 spiro atoms. The van der Waals surface area contributed by atoms with Gasteiger partial charge < -0.3 is 5.32 Å². The molecule has 0 radical (unpaired) electrons. The van der Waals surface area contributed by atoms with E-state index in [0.29, 0.717) is 6.04 Å². The smallest absolute Gasteiger partial charge is 0.151 e. The van der Waals surface area contributed by atoms with Crippen LogP contribution in [0.4, 0.5) is 0 Å². The Morgan fingerprint density at radius 3 is 2.33 bits per heavy atom. The van der Waals surface area contributed by atoms with Crippen LogP contribution in [0, 0.1) is 5.92 Å². The first-order valence-corrected chi connectivity index (χ1v) is 7.73. The lowest BCUT2D eigenvalue weighted by Gasteiger charge is -2.33. The van der Waals surface area contributed by atoms with Crippen molar-refractivity contribution in [2.75, 3.05) is 11.5 Å². The summed E-state index contributed by atoms with van der Waals surface area (Å²) >= 11 is 0. The van der Waals surface area contributed by atoms with Crippen molar-refractivity contribution in [2.24, 2.45) is 5.92 Å². The van der Waals surface area contributed by atoms with E-state index in [1.807, 2.05) is 6.92 Å². The summed E-state index contributed by atoms with van der Waals surface area (Å²) in [7, 11) is -2.84. The third-order valence-electron chi connectivity index (χ3n) is 3.35. The summed E-state index contributed by atoms with van der Waals surface area (Å²) in [5, 5.41) is 3.39. The molecule has 2 unspecified atom stereocenters. The fourth-order valence-corrected chi connectivity index (χ4v) is 3.17. The molecule has 0 saturated heterocycles. The van der Waals surface area contributed by atoms with Crippen LogP contribution in [0.1, 0.15) is 40.0 Å². The first-order valence-electron chi connectivity index (χ1n) is 5.91. The summed E-state index contributed by atoms with van der Waals surface area (Å²) in [6.45, 7) is 5.83. The zero-order chi connectivity index (χ0) is 11.5. The number of nitrogens with one attached hydrogen (secondary N) is 1. The van der Waals surface area contributed by atoms with Gasteiger partial charge in [0.05, 0.1) is 5.75 Å². The van der Waals surface area contributed by atoms with Crippen molar-refractivity contribution in [3.8, 4) is 0 Å². The average Bonchev–Trinajstić information content (AvgIpc) is 1.99. The molecule has 1 fully saturated rings. The van der Waals surface area contributed by atoms with Gasteiger partial charge in [-0.25, -0.2) is 8.42 Å². The monoisotopic (exact) mass is 233 g/mol. The fraction of sp³-hybridized carbons (Fsp3) is 1.00. The van der Waals surface area contributed by atoms with Gasteiger partial charge in [0.2, 0.25) is 0 Å². The first-order chi connectivity index (χ1) is 6.94. The molecule has 0 bridgehead atoms. The molecule has 3 nitrogen and oxygen atoms in total. The van der Waals surface area contributed by atoms with Gasteiger partial charge in [0.1, 0.15) is 0 Å². The van der Waals surface area contributed by atoms with Crippen LogP contribution in [0.3, 0.4) is 0 Å². The zero-order valence-electron chi connectivity index (χ0n) is 9.99. The van der Waals surface area contributed by atoms with Crippen LogP contribution in [0.5, 0.6) is 0 Å². The topological polar surface area (TPSA) is 46.2 Å². The summed E-state index contributed by atoms with van der Waals surface area (Å²) in [4.78, 5) is 0. The van der Waals surface area contributed by atoms with E-state index in [1.165, 1.54) is 19.3 Å². The van der Waals surface area contributed by atoms with Crippen molar-refractivity contribution in [1.29, 1.82) is 0 Å². The van der Waals surface area contributed by atoms with Crippen LogP contribution < -0.4 is 5.32 Å². The van der Waals surface area contributed by atoms with Crippen LogP contribution in [0.15, 0.2) is 0 Å². The molecule has 0 amide bonds. The minimum atomic E-state index is -2.84. The Hall–Kier alpha value is -0.0900. The van der Waals surface area contributed by atoms with Gasteiger partial charge in [-0.05, 0) is 32.6 Å². The molecule has 4 heteroatoms. The highest BCUT2D eigenvalue weighted by Crippen LogP contribution is 2.29. The van der Waals surface area contributed by atoms with E-state index in [4.69, 9.17) is 0 Å². The van der Waals surface area contributed by atoms with E-state index >= 15 is 0 Å². The quantitative estimate of drug-likeness (QED) is 0.758. The molecule has 1 N–H and O–H groups in total. The number of hydrogen-bond acceptors (Lipinski definition) is 3. The van der Waals surface area contributed by atoms with E-state index in [-0.39, 0.29) is 17.5 Å². The summed E-state index contributed by atoms with van der Waals surface area (Å²) in [6.07, 6.45) is 3.92. The van der Waals surface area contributed by atoms with Gasteiger partial charge in [-0.3, -0.25) is 0 Å². The second-order valence-corrected chi connectivity index (χ2v) is 7.14. The second kappa shape index (κ2) is 5.30. The van der Waals surface area contributed by atoms with Crippen molar-refractivity contribution >= 4 is 9.84 Å². The Kier molecular flexibility index (Phi) is 4.59. The molecule has 0 heterocycles. The highest BCUT2D eigenvalue weighted by molar-refractivity contribution is 7.91. The van der Waals surface area contributed by atoms with Crippen molar-refractivity contribution in [3.63, 3.8) is 0 Å². The molecule has 1 rings (SSSR count). The fourth-order valence-electron chi connectivity index (χ4n) is 2.07. The molecule has 0 aromatic heterocycles. The molecule has 0 aromatic carbocycles. The van der Waals surface area contributed by atoms with Gasteiger partial charge in [0.25, 0.3) is 0 Å². The maximum absolute atomic E-state index is 11.4. The Bertz CT molecular complexity index is 283. The molecule has 1 saturated carbocycles. The van der Waals surface area contributed by atoms with Crippen molar-refractivity contribution < 1.29 is 8.42 Å². The highest BCUT2D eigenvalue weighted by atomic mass is 32.2. The Labute approximate surface area is 93.6 Å². The molecular weight excluding hydrogens is 210 g/mol. The highest BCUT2D eigenvalue weighted by Gasteiger charge is 2.25. The van der Waals surface area contributed by atoms with E-state index < -0.39 is 9.84 Å². The lowest BCUT2D eigenvalue weighted by molar-refractivity contribution is 0.232. The van der Waals surface area contributed by atoms with Crippen LogP contribution >= 0.6 is 0 Å². The molecular formula is C11H23NO2S. The van der Waals surface area contributed by atoms with Gasteiger partial charge >= 0.3 is 0 Å². The van der Waals surface area contributed by atoms with E-state index in [1.54, 1.807) is 6.92 Å². The SMILES string of the molecule is CCS(=O)(=O)CC(C)NC(C)C1CCC1. The van der Waals surface area contributed by atoms with Gasteiger partial charge in [0, 0.05) is 17.8 Å². The molecule has 1 aliphatic carbocycles.